The van der Waals surface area contributed by atoms with Crippen molar-refractivity contribution in [3.63, 3.8) is 0 Å². The number of carbonyl (C=O) groups is 1. The second-order valence-electron chi connectivity index (χ2n) is 9.48. The number of rotatable bonds is 7. The highest BCUT2D eigenvalue weighted by atomic mass is 16.5. The first-order chi connectivity index (χ1) is 18.4. The molecule has 0 aliphatic heterocycles. The molecule has 38 heavy (non-hydrogen) atoms. The van der Waals surface area contributed by atoms with Crippen molar-refractivity contribution in [3.05, 3.63) is 95.3 Å². The van der Waals surface area contributed by atoms with Gasteiger partial charge in [-0.15, -0.1) is 0 Å². The number of H-pyrrole nitrogens is 2. The largest absolute Gasteiger partial charge is 0.494 e. The molecule has 0 radical (unpaired) electrons. The fraction of sp³-hybridized carbons (Fsp3) is 0.194. The predicted molar refractivity (Wildman–Crippen MR) is 148 cm³/mol. The SMILES string of the molecule is CC(C)Oc1ccc(C#Cc2ccc3c[nH]c(O)c3c2)cc1C(=O)N[C@@H](CO)Cc1c[nH]c2ccccc12. The third-order valence-corrected chi connectivity index (χ3v) is 6.31. The number of aromatic hydroxyl groups is 1. The average molecular weight is 508 g/mol. The molecular formula is C31H29N3O4. The number of hydrogen-bond acceptors (Lipinski definition) is 4. The molecule has 3 aromatic carbocycles. The van der Waals surface area contributed by atoms with Gasteiger partial charge in [0.15, 0.2) is 5.88 Å². The Bertz CT molecular complexity index is 1670. The van der Waals surface area contributed by atoms with Gasteiger partial charge in [-0.25, -0.2) is 0 Å². The molecule has 0 saturated heterocycles. The molecule has 0 saturated carbocycles. The summed E-state index contributed by atoms with van der Waals surface area (Å²) >= 11 is 0. The number of aromatic amines is 2. The van der Waals surface area contributed by atoms with Crippen LogP contribution in [0.3, 0.4) is 0 Å². The van der Waals surface area contributed by atoms with Crippen molar-refractivity contribution in [1.29, 1.82) is 0 Å². The second kappa shape index (κ2) is 10.8. The Labute approximate surface area is 220 Å². The summed E-state index contributed by atoms with van der Waals surface area (Å²) in [4.78, 5) is 19.4. The predicted octanol–water partition coefficient (Wildman–Crippen LogP) is 4.88. The number of aliphatic hydroxyl groups is 1. The van der Waals surface area contributed by atoms with Crippen LogP contribution in [0.1, 0.15) is 40.9 Å². The van der Waals surface area contributed by atoms with E-state index in [0.29, 0.717) is 28.7 Å². The standard InChI is InChI=1S/C31H29N3O4/c1-19(2)38-29-12-10-21(8-7-20-9-11-22-16-33-30(36)26(22)13-20)14-27(29)31(37)34-24(18-35)15-23-17-32-28-6-4-3-5-25(23)28/h3-6,9-14,16-17,19,24,32-33,35-36H,15,18H2,1-2H3,(H,34,37)/t24-/m1/s1. The molecule has 0 unspecified atom stereocenters. The summed E-state index contributed by atoms with van der Waals surface area (Å²) in [6.45, 7) is 3.59. The summed E-state index contributed by atoms with van der Waals surface area (Å²) in [5.74, 6) is 6.41. The van der Waals surface area contributed by atoms with Crippen LogP contribution in [-0.4, -0.2) is 44.8 Å². The number of fused-ring (bicyclic) bond motifs is 2. The van der Waals surface area contributed by atoms with E-state index in [0.717, 1.165) is 27.4 Å². The molecule has 1 atom stereocenters. The number of amides is 1. The number of benzene rings is 3. The minimum absolute atomic E-state index is 0.101. The number of carbonyl (C=O) groups excluding carboxylic acids is 1. The van der Waals surface area contributed by atoms with Crippen molar-refractivity contribution in [1.82, 2.24) is 15.3 Å². The van der Waals surface area contributed by atoms with Gasteiger partial charge in [-0.2, -0.15) is 0 Å². The lowest BCUT2D eigenvalue weighted by molar-refractivity contribution is 0.0910. The van der Waals surface area contributed by atoms with Gasteiger partial charge in [-0.05, 0) is 62.2 Å². The van der Waals surface area contributed by atoms with Crippen molar-refractivity contribution in [3.8, 4) is 23.5 Å². The van der Waals surface area contributed by atoms with Crippen LogP contribution in [0.2, 0.25) is 0 Å². The number of ether oxygens (including phenoxy) is 1. The van der Waals surface area contributed by atoms with E-state index in [1.165, 1.54) is 0 Å². The highest BCUT2D eigenvalue weighted by molar-refractivity contribution is 5.97. The van der Waals surface area contributed by atoms with Crippen molar-refractivity contribution >= 4 is 27.6 Å². The molecule has 0 bridgehead atoms. The van der Waals surface area contributed by atoms with E-state index >= 15 is 0 Å². The van der Waals surface area contributed by atoms with E-state index in [1.54, 1.807) is 18.3 Å². The van der Waals surface area contributed by atoms with Crippen LogP contribution in [0.15, 0.2) is 73.1 Å². The van der Waals surface area contributed by atoms with Crippen molar-refractivity contribution < 1.29 is 19.7 Å². The highest BCUT2D eigenvalue weighted by Crippen LogP contribution is 2.25. The Balaban J connectivity index is 1.40. The minimum Gasteiger partial charge on any atom is -0.494 e. The van der Waals surface area contributed by atoms with Crippen LogP contribution in [0.5, 0.6) is 11.6 Å². The van der Waals surface area contributed by atoms with Gasteiger partial charge in [-0.1, -0.05) is 36.1 Å². The lowest BCUT2D eigenvalue weighted by Crippen LogP contribution is -2.39. The van der Waals surface area contributed by atoms with Gasteiger partial charge in [0.05, 0.1) is 24.3 Å². The number of aromatic nitrogens is 2. The molecule has 7 nitrogen and oxygen atoms in total. The maximum atomic E-state index is 13.4. The molecule has 2 aromatic heterocycles. The van der Waals surface area contributed by atoms with Gasteiger partial charge < -0.3 is 30.2 Å². The second-order valence-corrected chi connectivity index (χ2v) is 9.48. The zero-order valence-corrected chi connectivity index (χ0v) is 21.2. The van der Waals surface area contributed by atoms with Crippen LogP contribution in [0.4, 0.5) is 0 Å². The first-order valence-electron chi connectivity index (χ1n) is 12.5. The van der Waals surface area contributed by atoms with Gasteiger partial charge in [-0.3, -0.25) is 4.79 Å². The molecule has 5 rings (SSSR count). The summed E-state index contributed by atoms with van der Waals surface area (Å²) in [6.07, 6.45) is 3.99. The zero-order chi connectivity index (χ0) is 26.6. The van der Waals surface area contributed by atoms with E-state index in [9.17, 15) is 15.0 Å². The maximum Gasteiger partial charge on any atom is 0.255 e. The summed E-state index contributed by atoms with van der Waals surface area (Å²) in [6, 6.07) is 18.3. The summed E-state index contributed by atoms with van der Waals surface area (Å²) < 4.78 is 5.91. The lowest BCUT2D eigenvalue weighted by atomic mass is 10.0. The molecule has 192 valence electrons. The molecule has 7 heteroatoms. The third-order valence-electron chi connectivity index (χ3n) is 6.31. The summed E-state index contributed by atoms with van der Waals surface area (Å²) in [7, 11) is 0. The molecule has 0 fully saturated rings. The minimum atomic E-state index is -0.482. The lowest BCUT2D eigenvalue weighted by Gasteiger charge is -2.19. The first kappa shape index (κ1) is 25.0. The first-order valence-corrected chi connectivity index (χ1v) is 12.5. The highest BCUT2D eigenvalue weighted by Gasteiger charge is 2.19. The van der Waals surface area contributed by atoms with Crippen molar-refractivity contribution in [2.24, 2.45) is 0 Å². The Kier molecular flexibility index (Phi) is 7.07. The van der Waals surface area contributed by atoms with Gasteiger partial charge >= 0.3 is 0 Å². The van der Waals surface area contributed by atoms with Crippen molar-refractivity contribution in [2.45, 2.75) is 32.4 Å². The number of para-hydroxylation sites is 1. The maximum absolute atomic E-state index is 13.4. The van der Waals surface area contributed by atoms with Crippen LogP contribution >= 0.6 is 0 Å². The van der Waals surface area contributed by atoms with Gasteiger partial charge in [0.1, 0.15) is 5.75 Å². The number of nitrogens with one attached hydrogen (secondary N) is 3. The Hall–Kier alpha value is -4.67. The number of aliphatic hydroxyl groups excluding tert-OH is 1. The quantitative estimate of drug-likeness (QED) is 0.202. The average Bonchev–Trinajstić information content (AvgIpc) is 3.50. The van der Waals surface area contributed by atoms with Gasteiger partial charge in [0.25, 0.3) is 5.91 Å². The molecule has 1 amide bonds. The molecule has 2 heterocycles. The number of hydrogen-bond donors (Lipinski definition) is 5. The normalized spacial score (nSPS) is 11.9. The molecule has 5 N–H and O–H groups in total. The summed E-state index contributed by atoms with van der Waals surface area (Å²) in [5, 5.41) is 25.6. The van der Waals surface area contributed by atoms with Crippen LogP contribution < -0.4 is 10.1 Å². The smallest absolute Gasteiger partial charge is 0.255 e. The van der Waals surface area contributed by atoms with E-state index < -0.39 is 6.04 Å². The van der Waals surface area contributed by atoms with E-state index in [1.807, 2.05) is 68.6 Å². The molecular weight excluding hydrogens is 478 g/mol. The van der Waals surface area contributed by atoms with Gasteiger partial charge in [0.2, 0.25) is 0 Å². The van der Waals surface area contributed by atoms with E-state index in [4.69, 9.17) is 4.74 Å². The topological polar surface area (TPSA) is 110 Å². The van der Waals surface area contributed by atoms with Crippen LogP contribution in [-0.2, 0) is 6.42 Å². The molecule has 0 spiro atoms. The molecule has 0 aliphatic carbocycles. The zero-order valence-electron chi connectivity index (χ0n) is 21.2. The van der Waals surface area contributed by atoms with Gasteiger partial charge in [0, 0.05) is 45.2 Å². The third kappa shape index (κ3) is 5.36. The van der Waals surface area contributed by atoms with Crippen LogP contribution in [0.25, 0.3) is 21.7 Å². The van der Waals surface area contributed by atoms with E-state index in [2.05, 4.69) is 27.1 Å². The van der Waals surface area contributed by atoms with E-state index in [-0.39, 0.29) is 24.5 Å². The summed E-state index contributed by atoms with van der Waals surface area (Å²) in [5.41, 5.74) is 3.75. The molecule has 5 aromatic rings. The Morgan fingerprint density at radius 2 is 1.74 bits per heavy atom. The molecule has 0 aliphatic rings. The Morgan fingerprint density at radius 1 is 0.974 bits per heavy atom. The fourth-order valence-corrected chi connectivity index (χ4v) is 4.47. The monoisotopic (exact) mass is 507 g/mol. The van der Waals surface area contributed by atoms with Crippen molar-refractivity contribution in [2.75, 3.05) is 6.61 Å². The van der Waals surface area contributed by atoms with Crippen LogP contribution in [0, 0.1) is 11.8 Å². The fourth-order valence-electron chi connectivity index (χ4n) is 4.47. The Morgan fingerprint density at radius 3 is 2.53 bits per heavy atom.